The molecule has 4 fully saturated rings. The van der Waals surface area contributed by atoms with E-state index >= 15 is 0 Å². The number of rotatable bonds is 5. The van der Waals surface area contributed by atoms with E-state index in [4.69, 9.17) is 11.6 Å². The average Bonchev–Trinajstić information content (AvgIpc) is 3.21. The summed E-state index contributed by atoms with van der Waals surface area (Å²) in [6, 6.07) is 7.67. The Bertz CT molecular complexity index is 1000. The van der Waals surface area contributed by atoms with E-state index in [2.05, 4.69) is 46.5 Å². The van der Waals surface area contributed by atoms with E-state index in [1.165, 1.54) is 57.8 Å². The minimum Gasteiger partial charge on any atom is -0.378 e. The molecule has 2 heteroatoms. The molecule has 37 heavy (non-hydrogen) atoms. The Balaban J connectivity index is 1.26. The predicted molar refractivity (Wildman–Crippen MR) is 156 cm³/mol. The van der Waals surface area contributed by atoms with Gasteiger partial charge in [0.05, 0.1) is 0 Å². The Morgan fingerprint density at radius 1 is 0.892 bits per heavy atom. The quantitative estimate of drug-likeness (QED) is 0.381. The van der Waals surface area contributed by atoms with Gasteiger partial charge in [-0.3, -0.25) is 0 Å². The molecule has 0 amide bonds. The summed E-state index contributed by atoms with van der Waals surface area (Å²) in [5, 5.41) is 12.3. The van der Waals surface area contributed by atoms with Crippen LogP contribution in [0.15, 0.2) is 24.3 Å². The third-order valence-electron chi connectivity index (χ3n) is 12.2. The van der Waals surface area contributed by atoms with Gasteiger partial charge >= 0.3 is 0 Å². The van der Waals surface area contributed by atoms with Gasteiger partial charge in [-0.05, 0) is 134 Å². The van der Waals surface area contributed by atoms with Crippen LogP contribution in [0.4, 0.5) is 0 Å². The van der Waals surface area contributed by atoms with Gasteiger partial charge in [0.1, 0.15) is 5.60 Å². The summed E-state index contributed by atoms with van der Waals surface area (Å²) in [4.78, 5) is 0. The Morgan fingerprint density at radius 2 is 1.62 bits per heavy atom. The van der Waals surface area contributed by atoms with Crippen molar-refractivity contribution in [3.63, 3.8) is 0 Å². The zero-order valence-electron chi connectivity index (χ0n) is 24.2. The van der Waals surface area contributed by atoms with Crippen LogP contribution in [0.25, 0.3) is 0 Å². The lowest BCUT2D eigenvalue weighted by molar-refractivity contribution is -0.140. The molecular weight excluding hydrogens is 472 g/mol. The van der Waals surface area contributed by atoms with Crippen LogP contribution in [0.3, 0.4) is 0 Å². The van der Waals surface area contributed by atoms with Gasteiger partial charge < -0.3 is 5.11 Å². The van der Waals surface area contributed by atoms with Crippen molar-refractivity contribution in [2.45, 2.75) is 117 Å². The largest absolute Gasteiger partial charge is 0.378 e. The molecule has 0 spiro atoms. The SMILES string of the molecule is CC(C)CCC[C@@H](C)[C@H]1CC[C@H]2[C@@H]3CC[C@@H]4C[C@](O)(C#Cc5ccc(Cl)cc5)CC[C@]4(C)[C@H]3CC[C@]12C. The summed E-state index contributed by atoms with van der Waals surface area (Å²) in [6.45, 7) is 12.6. The van der Waals surface area contributed by atoms with E-state index in [1.807, 2.05) is 24.3 Å². The number of aliphatic hydroxyl groups is 1. The topological polar surface area (TPSA) is 20.2 Å². The standard InChI is InChI=1S/C35H51ClO/c1-24(2)7-6-8-25(3)30-15-16-31-29-14-11-27-23-35(37,20-17-26-9-12-28(36)13-10-26)22-21-33(27,4)32(29)18-19-34(30,31)5/h9-10,12-13,24-25,27,29-32,37H,6-8,11,14-16,18-19,21-23H2,1-5H3/t25-,27-,29+,30-,31+,32+,33+,34-,35+/m1/s1. The Kier molecular flexibility index (Phi) is 7.86. The highest BCUT2D eigenvalue weighted by atomic mass is 35.5. The first kappa shape index (κ1) is 27.6. The van der Waals surface area contributed by atoms with Crippen molar-refractivity contribution >= 4 is 11.6 Å². The lowest BCUT2D eigenvalue weighted by atomic mass is 9.43. The number of benzene rings is 1. The maximum atomic E-state index is 11.5. The van der Waals surface area contributed by atoms with Crippen molar-refractivity contribution in [3.05, 3.63) is 34.9 Å². The van der Waals surface area contributed by atoms with Crippen molar-refractivity contribution in [3.8, 4) is 11.8 Å². The summed E-state index contributed by atoms with van der Waals surface area (Å²) in [7, 11) is 0. The van der Waals surface area contributed by atoms with E-state index in [0.29, 0.717) is 16.7 Å². The molecule has 0 heterocycles. The first-order chi connectivity index (χ1) is 17.5. The summed E-state index contributed by atoms with van der Waals surface area (Å²) in [6.07, 6.45) is 15.5. The second-order valence-electron chi connectivity index (χ2n) is 14.7. The molecule has 4 aliphatic rings. The van der Waals surface area contributed by atoms with Crippen molar-refractivity contribution in [2.75, 3.05) is 0 Å². The molecule has 204 valence electrons. The predicted octanol–water partition coefficient (Wildman–Crippen LogP) is 9.54. The second-order valence-corrected chi connectivity index (χ2v) is 15.1. The molecule has 5 rings (SSSR count). The van der Waals surface area contributed by atoms with E-state index in [-0.39, 0.29) is 0 Å². The number of fused-ring (bicyclic) bond motifs is 5. The fraction of sp³-hybridized carbons (Fsp3) is 0.771. The molecule has 4 saturated carbocycles. The molecule has 1 aromatic carbocycles. The normalized spacial score (nSPS) is 41.8. The van der Waals surface area contributed by atoms with Crippen molar-refractivity contribution in [1.29, 1.82) is 0 Å². The van der Waals surface area contributed by atoms with Crippen LogP contribution in [0, 0.1) is 64.1 Å². The molecule has 0 aliphatic heterocycles. The highest BCUT2D eigenvalue weighted by Crippen LogP contribution is 2.68. The first-order valence-electron chi connectivity index (χ1n) is 15.6. The van der Waals surface area contributed by atoms with Gasteiger partial charge in [0.2, 0.25) is 0 Å². The van der Waals surface area contributed by atoms with Gasteiger partial charge in [0, 0.05) is 10.6 Å². The first-order valence-corrected chi connectivity index (χ1v) is 15.9. The lowest BCUT2D eigenvalue weighted by Gasteiger charge is -2.62. The molecule has 0 radical (unpaired) electrons. The molecule has 0 saturated heterocycles. The Hall–Kier alpha value is -0.970. The maximum Gasteiger partial charge on any atom is 0.126 e. The van der Waals surface area contributed by atoms with Crippen LogP contribution in [-0.2, 0) is 0 Å². The van der Waals surface area contributed by atoms with Crippen molar-refractivity contribution in [2.24, 2.45) is 52.3 Å². The highest BCUT2D eigenvalue weighted by molar-refractivity contribution is 6.30. The van der Waals surface area contributed by atoms with Crippen LogP contribution < -0.4 is 0 Å². The molecule has 1 N–H and O–H groups in total. The monoisotopic (exact) mass is 522 g/mol. The van der Waals surface area contributed by atoms with Crippen LogP contribution in [0.5, 0.6) is 0 Å². The van der Waals surface area contributed by atoms with Gasteiger partial charge in [-0.25, -0.2) is 0 Å². The molecule has 9 atom stereocenters. The average molecular weight is 523 g/mol. The molecule has 0 bridgehead atoms. The molecule has 1 aromatic rings. The second kappa shape index (κ2) is 10.5. The summed E-state index contributed by atoms with van der Waals surface area (Å²) in [5.41, 5.74) is 1.03. The number of hydrogen-bond acceptors (Lipinski definition) is 1. The minimum atomic E-state index is -0.844. The summed E-state index contributed by atoms with van der Waals surface area (Å²) < 4.78 is 0. The molecular formula is C35H51ClO. The molecule has 0 aromatic heterocycles. The van der Waals surface area contributed by atoms with Crippen LogP contribution >= 0.6 is 11.6 Å². The molecule has 0 unspecified atom stereocenters. The van der Waals surface area contributed by atoms with Gasteiger partial charge in [0.15, 0.2) is 0 Å². The third-order valence-corrected chi connectivity index (χ3v) is 12.5. The zero-order chi connectivity index (χ0) is 26.4. The number of hydrogen-bond donors (Lipinski definition) is 1. The Morgan fingerprint density at radius 3 is 2.35 bits per heavy atom. The zero-order valence-corrected chi connectivity index (χ0v) is 24.9. The van der Waals surface area contributed by atoms with E-state index < -0.39 is 5.60 Å². The lowest BCUT2D eigenvalue weighted by Crippen LogP contribution is -2.55. The fourth-order valence-corrected chi connectivity index (χ4v) is 10.2. The highest BCUT2D eigenvalue weighted by Gasteiger charge is 2.61. The summed E-state index contributed by atoms with van der Waals surface area (Å²) in [5.74, 6) is 12.5. The van der Waals surface area contributed by atoms with Gasteiger partial charge in [-0.15, -0.1) is 0 Å². The van der Waals surface area contributed by atoms with Crippen LogP contribution in [0.1, 0.15) is 117 Å². The molecule has 1 nitrogen and oxygen atoms in total. The third kappa shape index (κ3) is 5.29. The maximum absolute atomic E-state index is 11.5. The van der Waals surface area contributed by atoms with Crippen molar-refractivity contribution < 1.29 is 5.11 Å². The van der Waals surface area contributed by atoms with E-state index in [0.717, 1.165) is 65.4 Å². The van der Waals surface area contributed by atoms with Gasteiger partial charge in [-0.1, -0.05) is 77.3 Å². The number of halogens is 1. The molecule has 4 aliphatic carbocycles. The van der Waals surface area contributed by atoms with Gasteiger partial charge in [0.25, 0.3) is 0 Å². The minimum absolute atomic E-state index is 0.374. The van der Waals surface area contributed by atoms with E-state index in [9.17, 15) is 5.11 Å². The Labute approximate surface area is 232 Å². The van der Waals surface area contributed by atoms with Crippen molar-refractivity contribution in [1.82, 2.24) is 0 Å². The fourth-order valence-electron chi connectivity index (χ4n) is 10.1. The summed E-state index contributed by atoms with van der Waals surface area (Å²) >= 11 is 6.03. The van der Waals surface area contributed by atoms with Crippen LogP contribution in [-0.4, -0.2) is 10.7 Å². The van der Waals surface area contributed by atoms with Crippen LogP contribution in [0.2, 0.25) is 5.02 Å². The smallest absolute Gasteiger partial charge is 0.126 e. The van der Waals surface area contributed by atoms with E-state index in [1.54, 1.807) is 0 Å². The van der Waals surface area contributed by atoms with Gasteiger partial charge in [-0.2, -0.15) is 0 Å².